The molecule has 0 radical (unpaired) electrons. The lowest BCUT2D eigenvalue weighted by atomic mass is 9.95. The molecule has 1 aromatic carbocycles. The number of rotatable bonds is 6. The van der Waals surface area contributed by atoms with E-state index in [0.717, 1.165) is 5.56 Å². The van der Waals surface area contributed by atoms with E-state index in [0.29, 0.717) is 34.1 Å². The molecule has 5 nitrogen and oxygen atoms in total. The number of nitrogens with one attached hydrogen (secondary N) is 1. The van der Waals surface area contributed by atoms with Gasteiger partial charge in [-0.05, 0) is 55.9 Å². The molecule has 152 valence electrons. The molecule has 0 aliphatic carbocycles. The molecule has 1 unspecified atom stereocenters. The number of nitrogens with zero attached hydrogens (tertiary/aromatic N) is 1. The highest BCUT2D eigenvalue weighted by molar-refractivity contribution is 6.42. The standard InChI is InChI=1S/C21H26Cl2N2O3/c1-11(2)17(9-7-14-6-8-15(22)16(23)10-14)24-20(27)18-12(3)13(4)25(5)21(28)19(18)26/h6,8,10-11,17,26H,7,9H2,1-5H3,(H,24,27). The van der Waals surface area contributed by atoms with Crippen molar-refractivity contribution in [1.29, 1.82) is 0 Å². The van der Waals surface area contributed by atoms with Crippen LogP contribution in [0.2, 0.25) is 10.0 Å². The Balaban J connectivity index is 2.22. The van der Waals surface area contributed by atoms with E-state index in [1.807, 2.05) is 26.0 Å². The van der Waals surface area contributed by atoms with Gasteiger partial charge in [-0.2, -0.15) is 0 Å². The zero-order chi connectivity index (χ0) is 21.2. The molecule has 1 aromatic heterocycles. The Morgan fingerprint density at radius 2 is 1.86 bits per heavy atom. The predicted octanol–water partition coefficient (Wildman–Crippen LogP) is 4.40. The van der Waals surface area contributed by atoms with Crippen molar-refractivity contribution in [2.24, 2.45) is 13.0 Å². The molecule has 1 heterocycles. The molecule has 0 aliphatic heterocycles. The van der Waals surface area contributed by atoms with E-state index in [9.17, 15) is 14.7 Å². The van der Waals surface area contributed by atoms with Crippen molar-refractivity contribution in [3.05, 3.63) is 61.0 Å². The topological polar surface area (TPSA) is 71.3 Å². The minimum Gasteiger partial charge on any atom is -0.502 e. The van der Waals surface area contributed by atoms with Gasteiger partial charge >= 0.3 is 0 Å². The first-order valence-electron chi connectivity index (χ1n) is 9.18. The Hall–Kier alpha value is -1.98. The van der Waals surface area contributed by atoms with Gasteiger partial charge in [-0.3, -0.25) is 9.59 Å². The van der Waals surface area contributed by atoms with Gasteiger partial charge in [-0.15, -0.1) is 0 Å². The number of amides is 1. The Morgan fingerprint density at radius 3 is 2.43 bits per heavy atom. The third-order valence-electron chi connectivity index (χ3n) is 5.24. The average molecular weight is 425 g/mol. The second-order valence-electron chi connectivity index (χ2n) is 7.41. The zero-order valence-electron chi connectivity index (χ0n) is 16.8. The Bertz CT molecular complexity index is 952. The van der Waals surface area contributed by atoms with E-state index in [2.05, 4.69) is 5.32 Å². The van der Waals surface area contributed by atoms with Gasteiger partial charge in [0.15, 0.2) is 5.75 Å². The fraction of sp³-hybridized carbons (Fsp3) is 0.429. The van der Waals surface area contributed by atoms with Gasteiger partial charge in [0, 0.05) is 18.8 Å². The summed E-state index contributed by atoms with van der Waals surface area (Å²) in [6, 6.07) is 5.36. The van der Waals surface area contributed by atoms with E-state index >= 15 is 0 Å². The summed E-state index contributed by atoms with van der Waals surface area (Å²) in [4.78, 5) is 25.0. The van der Waals surface area contributed by atoms with E-state index in [1.54, 1.807) is 27.0 Å². The van der Waals surface area contributed by atoms with Crippen LogP contribution in [0.15, 0.2) is 23.0 Å². The minimum absolute atomic E-state index is 0.0424. The monoisotopic (exact) mass is 424 g/mol. The van der Waals surface area contributed by atoms with Gasteiger partial charge in [0.25, 0.3) is 11.5 Å². The van der Waals surface area contributed by atoms with Crippen LogP contribution in [0.1, 0.15) is 47.4 Å². The number of carbonyl (C=O) groups is 1. The highest BCUT2D eigenvalue weighted by Gasteiger charge is 2.24. The van der Waals surface area contributed by atoms with E-state index in [-0.39, 0.29) is 17.5 Å². The molecule has 0 bridgehead atoms. The summed E-state index contributed by atoms with van der Waals surface area (Å²) in [5.41, 5.74) is 1.72. The number of benzene rings is 1. The van der Waals surface area contributed by atoms with Gasteiger partial charge in [-0.25, -0.2) is 0 Å². The summed E-state index contributed by atoms with van der Waals surface area (Å²) in [6.45, 7) is 7.50. The molecule has 2 rings (SSSR count). The zero-order valence-corrected chi connectivity index (χ0v) is 18.3. The quantitative estimate of drug-likeness (QED) is 0.721. The number of aromatic hydroxyl groups is 1. The molecule has 1 amide bonds. The average Bonchev–Trinajstić information content (AvgIpc) is 2.64. The molecular weight excluding hydrogens is 399 g/mol. The third-order valence-corrected chi connectivity index (χ3v) is 5.98. The number of hydrogen-bond acceptors (Lipinski definition) is 3. The maximum atomic E-state index is 12.9. The van der Waals surface area contributed by atoms with Crippen molar-refractivity contribution < 1.29 is 9.90 Å². The first-order chi connectivity index (χ1) is 13.0. The third kappa shape index (κ3) is 4.70. The van der Waals surface area contributed by atoms with Gasteiger partial charge in [0.1, 0.15) is 0 Å². The molecule has 1 atom stereocenters. The van der Waals surface area contributed by atoms with Crippen molar-refractivity contribution in [2.45, 2.75) is 46.6 Å². The number of aryl methyl sites for hydroxylation is 1. The van der Waals surface area contributed by atoms with Crippen LogP contribution in [-0.4, -0.2) is 21.6 Å². The molecule has 0 saturated heterocycles. The van der Waals surface area contributed by atoms with Crippen LogP contribution in [0.4, 0.5) is 0 Å². The van der Waals surface area contributed by atoms with Gasteiger partial charge in [0.2, 0.25) is 0 Å². The SMILES string of the molecule is Cc1c(C(=O)NC(CCc2ccc(Cl)c(Cl)c2)C(C)C)c(O)c(=O)n(C)c1C. The predicted molar refractivity (Wildman–Crippen MR) is 114 cm³/mol. The summed E-state index contributed by atoms with van der Waals surface area (Å²) < 4.78 is 1.34. The first-order valence-corrected chi connectivity index (χ1v) is 9.94. The largest absolute Gasteiger partial charge is 0.502 e. The van der Waals surface area contributed by atoms with Gasteiger partial charge < -0.3 is 15.0 Å². The summed E-state index contributed by atoms with van der Waals surface area (Å²) in [5, 5.41) is 14.2. The second kappa shape index (κ2) is 9.01. The maximum absolute atomic E-state index is 12.9. The van der Waals surface area contributed by atoms with Crippen LogP contribution in [0.3, 0.4) is 0 Å². The lowest BCUT2D eigenvalue weighted by molar-refractivity contribution is 0.0919. The summed E-state index contributed by atoms with van der Waals surface area (Å²) in [5.74, 6) is -0.791. The number of halogens is 2. The Morgan fingerprint density at radius 1 is 1.21 bits per heavy atom. The molecule has 0 spiro atoms. The Kier molecular flexibility index (Phi) is 7.18. The molecule has 0 fully saturated rings. The fourth-order valence-corrected chi connectivity index (χ4v) is 3.46. The van der Waals surface area contributed by atoms with Crippen molar-refractivity contribution >= 4 is 29.1 Å². The second-order valence-corrected chi connectivity index (χ2v) is 8.22. The van der Waals surface area contributed by atoms with Crippen LogP contribution in [-0.2, 0) is 13.5 Å². The number of carbonyl (C=O) groups excluding carboxylic acids is 1. The summed E-state index contributed by atoms with van der Waals surface area (Å²) >= 11 is 12.0. The van der Waals surface area contributed by atoms with Crippen LogP contribution < -0.4 is 10.9 Å². The van der Waals surface area contributed by atoms with Crippen LogP contribution >= 0.6 is 23.2 Å². The number of hydrogen-bond donors (Lipinski definition) is 2. The molecular formula is C21H26Cl2N2O3. The summed E-state index contributed by atoms with van der Waals surface area (Å²) in [6.07, 6.45) is 1.39. The van der Waals surface area contributed by atoms with Crippen LogP contribution in [0.25, 0.3) is 0 Å². The van der Waals surface area contributed by atoms with Gasteiger partial charge in [-0.1, -0.05) is 43.1 Å². The molecule has 2 aromatic rings. The highest BCUT2D eigenvalue weighted by atomic mass is 35.5. The number of aromatic nitrogens is 1. The Labute approximate surface area is 175 Å². The molecule has 2 N–H and O–H groups in total. The van der Waals surface area contributed by atoms with Crippen molar-refractivity contribution in [2.75, 3.05) is 0 Å². The van der Waals surface area contributed by atoms with Crippen molar-refractivity contribution in [3.63, 3.8) is 0 Å². The lowest BCUT2D eigenvalue weighted by Gasteiger charge is -2.24. The molecule has 0 aliphatic rings. The summed E-state index contributed by atoms with van der Waals surface area (Å²) in [7, 11) is 1.57. The first kappa shape index (κ1) is 22.3. The van der Waals surface area contributed by atoms with E-state index in [4.69, 9.17) is 23.2 Å². The fourth-order valence-electron chi connectivity index (χ4n) is 3.14. The van der Waals surface area contributed by atoms with Gasteiger partial charge in [0.05, 0.1) is 15.6 Å². The van der Waals surface area contributed by atoms with E-state index < -0.39 is 17.2 Å². The van der Waals surface area contributed by atoms with Crippen molar-refractivity contribution in [1.82, 2.24) is 9.88 Å². The van der Waals surface area contributed by atoms with Crippen LogP contribution in [0, 0.1) is 19.8 Å². The minimum atomic E-state index is -0.579. The van der Waals surface area contributed by atoms with E-state index in [1.165, 1.54) is 4.57 Å². The lowest BCUT2D eigenvalue weighted by Crippen LogP contribution is -2.40. The molecule has 0 saturated carbocycles. The molecule has 7 heteroatoms. The molecule has 28 heavy (non-hydrogen) atoms. The smallest absolute Gasteiger partial charge is 0.293 e. The maximum Gasteiger partial charge on any atom is 0.293 e. The van der Waals surface area contributed by atoms with Crippen LogP contribution in [0.5, 0.6) is 5.75 Å². The highest BCUT2D eigenvalue weighted by Crippen LogP contribution is 2.24. The van der Waals surface area contributed by atoms with Crippen molar-refractivity contribution in [3.8, 4) is 5.75 Å². The number of pyridine rings is 1. The normalized spacial score (nSPS) is 12.3.